The van der Waals surface area contributed by atoms with Gasteiger partial charge in [-0.15, -0.1) is 0 Å². The summed E-state index contributed by atoms with van der Waals surface area (Å²) in [5.41, 5.74) is 7.14. The molecule has 2 N–H and O–H groups in total. The van der Waals surface area contributed by atoms with Crippen molar-refractivity contribution >= 4 is 5.91 Å². The number of benzene rings is 2. The standard InChI is InChI=1S/C22H24F2N2O2/c23-13-16(14-25)15-28-21-7-6-19(12-20(21)24)22(27)26-10-8-18(9-11-26)17-4-2-1-3-5-17/h1-7,12-13,18H,8-11,14-15,25H2/b16-13+. The van der Waals surface area contributed by atoms with E-state index in [2.05, 4.69) is 12.1 Å². The van der Waals surface area contributed by atoms with Crippen LogP contribution < -0.4 is 10.5 Å². The molecule has 0 aliphatic carbocycles. The van der Waals surface area contributed by atoms with Crippen LogP contribution in [0.25, 0.3) is 0 Å². The molecule has 1 amide bonds. The van der Waals surface area contributed by atoms with E-state index in [4.69, 9.17) is 10.5 Å². The number of carbonyl (C=O) groups excluding carboxylic acids is 1. The summed E-state index contributed by atoms with van der Waals surface area (Å²) in [5.74, 6) is -0.436. The summed E-state index contributed by atoms with van der Waals surface area (Å²) < 4.78 is 32.0. The molecule has 3 rings (SSSR count). The average molecular weight is 386 g/mol. The molecule has 0 atom stereocenters. The van der Waals surface area contributed by atoms with Crippen molar-refractivity contribution in [1.29, 1.82) is 0 Å². The predicted octanol–water partition coefficient (Wildman–Crippen LogP) is 4.04. The molecule has 28 heavy (non-hydrogen) atoms. The van der Waals surface area contributed by atoms with Crippen LogP contribution in [0.2, 0.25) is 0 Å². The van der Waals surface area contributed by atoms with E-state index >= 15 is 0 Å². The monoisotopic (exact) mass is 386 g/mol. The maximum atomic E-state index is 14.3. The molecule has 0 bridgehead atoms. The van der Waals surface area contributed by atoms with E-state index in [9.17, 15) is 13.6 Å². The summed E-state index contributed by atoms with van der Waals surface area (Å²) >= 11 is 0. The van der Waals surface area contributed by atoms with Crippen molar-refractivity contribution in [3.8, 4) is 5.75 Å². The minimum absolute atomic E-state index is 0.00633. The van der Waals surface area contributed by atoms with Gasteiger partial charge in [0.15, 0.2) is 11.6 Å². The van der Waals surface area contributed by atoms with Crippen LogP contribution >= 0.6 is 0 Å². The predicted molar refractivity (Wildman–Crippen MR) is 104 cm³/mol. The van der Waals surface area contributed by atoms with Crippen molar-refractivity contribution in [2.24, 2.45) is 5.73 Å². The highest BCUT2D eigenvalue weighted by molar-refractivity contribution is 5.94. The first-order valence-electron chi connectivity index (χ1n) is 9.37. The van der Waals surface area contributed by atoms with Gasteiger partial charge in [0.1, 0.15) is 6.61 Å². The SMILES string of the molecule is NC/C(=C\F)COc1ccc(C(=O)N2CCC(c3ccccc3)CC2)cc1F. The molecule has 2 aromatic carbocycles. The Morgan fingerprint density at radius 2 is 1.89 bits per heavy atom. The number of piperidine rings is 1. The van der Waals surface area contributed by atoms with Gasteiger partial charge in [-0.05, 0) is 42.5 Å². The largest absolute Gasteiger partial charge is 0.486 e. The Balaban J connectivity index is 1.60. The van der Waals surface area contributed by atoms with Crippen molar-refractivity contribution in [1.82, 2.24) is 4.90 Å². The van der Waals surface area contributed by atoms with E-state index in [-0.39, 0.29) is 35.9 Å². The first-order chi connectivity index (χ1) is 13.6. The molecule has 0 radical (unpaired) electrons. The Morgan fingerprint density at radius 3 is 2.50 bits per heavy atom. The second-order valence-corrected chi connectivity index (χ2v) is 6.88. The maximum Gasteiger partial charge on any atom is 0.253 e. The van der Waals surface area contributed by atoms with Gasteiger partial charge in [-0.1, -0.05) is 30.3 Å². The molecular weight excluding hydrogens is 362 g/mol. The van der Waals surface area contributed by atoms with E-state index in [1.807, 2.05) is 18.2 Å². The summed E-state index contributed by atoms with van der Waals surface area (Å²) in [7, 11) is 0. The van der Waals surface area contributed by atoms with Crippen molar-refractivity contribution in [2.45, 2.75) is 18.8 Å². The van der Waals surface area contributed by atoms with Crippen molar-refractivity contribution in [2.75, 3.05) is 26.2 Å². The van der Waals surface area contributed by atoms with Gasteiger partial charge in [-0.25, -0.2) is 8.78 Å². The molecule has 0 saturated carbocycles. The van der Waals surface area contributed by atoms with E-state index in [0.29, 0.717) is 25.3 Å². The third-order valence-corrected chi connectivity index (χ3v) is 5.06. The van der Waals surface area contributed by atoms with Crippen LogP contribution in [0, 0.1) is 5.82 Å². The summed E-state index contributed by atoms with van der Waals surface area (Å²) in [6, 6.07) is 14.4. The summed E-state index contributed by atoms with van der Waals surface area (Å²) in [4.78, 5) is 14.5. The number of carbonyl (C=O) groups is 1. The second kappa shape index (κ2) is 9.46. The van der Waals surface area contributed by atoms with Crippen LogP contribution in [-0.4, -0.2) is 37.0 Å². The molecule has 148 valence electrons. The number of amides is 1. The fourth-order valence-corrected chi connectivity index (χ4v) is 3.38. The smallest absolute Gasteiger partial charge is 0.253 e. The van der Waals surface area contributed by atoms with Crippen LogP contribution in [0.3, 0.4) is 0 Å². The lowest BCUT2D eigenvalue weighted by atomic mass is 9.89. The van der Waals surface area contributed by atoms with Gasteiger partial charge in [0.2, 0.25) is 0 Å². The molecule has 0 unspecified atom stereocenters. The zero-order chi connectivity index (χ0) is 19.9. The third kappa shape index (κ3) is 4.75. The topological polar surface area (TPSA) is 55.6 Å². The average Bonchev–Trinajstić information content (AvgIpc) is 2.75. The van der Waals surface area contributed by atoms with Gasteiger partial charge in [-0.3, -0.25) is 4.79 Å². The highest BCUT2D eigenvalue weighted by Crippen LogP contribution is 2.29. The lowest BCUT2D eigenvalue weighted by molar-refractivity contribution is 0.0712. The lowest BCUT2D eigenvalue weighted by Gasteiger charge is -2.32. The quantitative estimate of drug-likeness (QED) is 0.815. The molecule has 1 heterocycles. The Kier molecular flexibility index (Phi) is 6.76. The Morgan fingerprint density at radius 1 is 1.18 bits per heavy atom. The third-order valence-electron chi connectivity index (χ3n) is 5.06. The van der Waals surface area contributed by atoms with Crippen LogP contribution in [0.1, 0.15) is 34.7 Å². The first kappa shape index (κ1) is 20.0. The van der Waals surface area contributed by atoms with E-state index in [0.717, 1.165) is 12.8 Å². The number of likely N-dealkylation sites (tertiary alicyclic amines) is 1. The van der Waals surface area contributed by atoms with Crippen molar-refractivity contribution < 1.29 is 18.3 Å². The molecule has 1 saturated heterocycles. The Labute approximate surface area is 163 Å². The number of nitrogens with two attached hydrogens (primary N) is 1. The minimum Gasteiger partial charge on any atom is -0.486 e. The molecule has 0 aromatic heterocycles. The highest BCUT2D eigenvalue weighted by Gasteiger charge is 2.25. The fraction of sp³-hybridized carbons (Fsp3) is 0.318. The van der Waals surface area contributed by atoms with E-state index < -0.39 is 5.82 Å². The van der Waals surface area contributed by atoms with Crippen LogP contribution in [0.15, 0.2) is 60.4 Å². The van der Waals surface area contributed by atoms with Crippen LogP contribution in [0.4, 0.5) is 8.78 Å². The molecule has 1 aliphatic heterocycles. The molecule has 0 spiro atoms. The van der Waals surface area contributed by atoms with E-state index in [1.165, 1.54) is 23.8 Å². The lowest BCUT2D eigenvalue weighted by Crippen LogP contribution is -2.37. The zero-order valence-electron chi connectivity index (χ0n) is 15.6. The molecule has 1 fully saturated rings. The number of rotatable bonds is 6. The minimum atomic E-state index is -0.653. The van der Waals surface area contributed by atoms with Crippen LogP contribution in [-0.2, 0) is 0 Å². The van der Waals surface area contributed by atoms with Crippen molar-refractivity contribution in [3.05, 3.63) is 77.4 Å². The van der Waals surface area contributed by atoms with Gasteiger partial charge in [-0.2, -0.15) is 0 Å². The number of hydrogen-bond acceptors (Lipinski definition) is 3. The van der Waals surface area contributed by atoms with Gasteiger partial charge < -0.3 is 15.4 Å². The molecule has 1 aliphatic rings. The Bertz CT molecular complexity index is 832. The molecule has 6 heteroatoms. The maximum absolute atomic E-state index is 14.3. The number of ether oxygens (including phenoxy) is 1. The second-order valence-electron chi connectivity index (χ2n) is 6.88. The van der Waals surface area contributed by atoms with Gasteiger partial charge in [0, 0.05) is 30.8 Å². The number of nitrogens with zero attached hydrogens (tertiary/aromatic N) is 1. The molecular formula is C22H24F2N2O2. The van der Waals surface area contributed by atoms with Gasteiger partial charge in [0.05, 0.1) is 6.33 Å². The van der Waals surface area contributed by atoms with Gasteiger partial charge in [0.25, 0.3) is 5.91 Å². The molecule has 2 aromatic rings. The summed E-state index contributed by atoms with van der Waals surface area (Å²) in [6.45, 7) is 1.14. The summed E-state index contributed by atoms with van der Waals surface area (Å²) in [5, 5.41) is 0. The number of hydrogen-bond donors (Lipinski definition) is 1. The van der Waals surface area contributed by atoms with E-state index in [1.54, 1.807) is 4.90 Å². The van der Waals surface area contributed by atoms with Crippen LogP contribution in [0.5, 0.6) is 5.75 Å². The highest BCUT2D eigenvalue weighted by atomic mass is 19.1. The van der Waals surface area contributed by atoms with Gasteiger partial charge >= 0.3 is 0 Å². The summed E-state index contributed by atoms with van der Waals surface area (Å²) in [6.07, 6.45) is 2.13. The fourth-order valence-electron chi connectivity index (χ4n) is 3.38. The normalized spacial score (nSPS) is 15.5. The number of halogens is 2. The molecule has 4 nitrogen and oxygen atoms in total. The van der Waals surface area contributed by atoms with Crippen molar-refractivity contribution in [3.63, 3.8) is 0 Å². The Hall–Kier alpha value is -2.73. The first-order valence-corrected chi connectivity index (χ1v) is 9.37. The zero-order valence-corrected chi connectivity index (χ0v) is 15.6.